The van der Waals surface area contributed by atoms with Crippen LogP contribution < -0.4 is 5.32 Å². The molecule has 0 atom stereocenters. The van der Waals surface area contributed by atoms with Gasteiger partial charge in [-0.05, 0) is 19.3 Å². The number of nitrogens with zero attached hydrogens (tertiary/aromatic N) is 1. The molecule has 1 aliphatic heterocycles. The lowest BCUT2D eigenvalue weighted by atomic mass is 9.91. The van der Waals surface area contributed by atoms with Crippen LogP contribution in [0.25, 0.3) is 0 Å². The average molecular weight is 280 g/mol. The highest BCUT2D eigenvalue weighted by Crippen LogP contribution is 2.37. The van der Waals surface area contributed by atoms with E-state index in [4.69, 9.17) is 0 Å². The summed E-state index contributed by atoms with van der Waals surface area (Å²) in [5.41, 5.74) is -0.501. The first-order valence-electron chi connectivity index (χ1n) is 8.29. The first-order chi connectivity index (χ1) is 9.70. The molecule has 4 nitrogen and oxygen atoms in total. The number of hydrogen-bond donors (Lipinski definition) is 1. The summed E-state index contributed by atoms with van der Waals surface area (Å²) in [7, 11) is 0. The van der Waals surface area contributed by atoms with E-state index in [0.29, 0.717) is 0 Å². The first-order valence-corrected chi connectivity index (χ1v) is 8.29. The van der Waals surface area contributed by atoms with Gasteiger partial charge in [-0.1, -0.05) is 51.9 Å². The zero-order valence-corrected chi connectivity index (χ0v) is 12.7. The second kappa shape index (κ2) is 7.09. The molecule has 2 rings (SSSR count). The van der Waals surface area contributed by atoms with E-state index in [1.165, 1.54) is 32.1 Å². The van der Waals surface area contributed by atoms with Crippen molar-refractivity contribution >= 4 is 11.8 Å². The Bertz CT molecular complexity index is 348. The number of hydrogen-bond acceptors (Lipinski definition) is 2. The van der Waals surface area contributed by atoms with Gasteiger partial charge in [0.15, 0.2) is 0 Å². The van der Waals surface area contributed by atoms with Crippen molar-refractivity contribution in [2.24, 2.45) is 0 Å². The Kier molecular flexibility index (Phi) is 5.44. The van der Waals surface area contributed by atoms with Crippen LogP contribution in [-0.2, 0) is 9.59 Å². The minimum atomic E-state index is -0.501. The van der Waals surface area contributed by atoms with E-state index in [1.54, 1.807) is 0 Å². The quantitative estimate of drug-likeness (QED) is 0.729. The molecule has 20 heavy (non-hydrogen) atoms. The molecule has 1 spiro atoms. The Labute approximate surface area is 122 Å². The maximum absolute atomic E-state index is 12.2. The van der Waals surface area contributed by atoms with Crippen LogP contribution in [0.3, 0.4) is 0 Å². The van der Waals surface area contributed by atoms with Gasteiger partial charge >= 0.3 is 0 Å². The standard InChI is InChI=1S/C16H28N2O2/c1-2-3-4-5-6-9-12-18-14(19)13-17-15(20)16(18)10-7-8-11-16/h2-13H2,1H3,(H,17,20). The van der Waals surface area contributed by atoms with E-state index >= 15 is 0 Å². The Morgan fingerprint density at radius 3 is 2.40 bits per heavy atom. The maximum Gasteiger partial charge on any atom is 0.246 e. The van der Waals surface area contributed by atoms with Crippen molar-refractivity contribution in [3.05, 3.63) is 0 Å². The monoisotopic (exact) mass is 280 g/mol. The third-order valence-electron chi connectivity index (χ3n) is 4.81. The fourth-order valence-electron chi connectivity index (χ4n) is 3.62. The van der Waals surface area contributed by atoms with Crippen molar-refractivity contribution in [3.8, 4) is 0 Å². The average Bonchev–Trinajstić information content (AvgIpc) is 2.92. The smallest absolute Gasteiger partial charge is 0.246 e. The summed E-state index contributed by atoms with van der Waals surface area (Å²) < 4.78 is 0. The number of piperazine rings is 1. The van der Waals surface area contributed by atoms with E-state index in [2.05, 4.69) is 12.2 Å². The van der Waals surface area contributed by atoms with Crippen LogP contribution in [0.15, 0.2) is 0 Å². The molecule has 0 aromatic rings. The van der Waals surface area contributed by atoms with Gasteiger partial charge in [0.25, 0.3) is 0 Å². The predicted octanol–water partition coefficient (Wildman–Crippen LogP) is 2.62. The Balaban J connectivity index is 1.86. The molecule has 0 unspecified atom stereocenters. The van der Waals surface area contributed by atoms with E-state index in [-0.39, 0.29) is 18.4 Å². The van der Waals surface area contributed by atoms with Crippen molar-refractivity contribution in [1.82, 2.24) is 10.2 Å². The molecule has 0 aromatic carbocycles. The molecule has 0 aromatic heterocycles. The third-order valence-corrected chi connectivity index (χ3v) is 4.81. The van der Waals surface area contributed by atoms with Crippen LogP contribution in [0.5, 0.6) is 0 Å². The SMILES string of the molecule is CCCCCCCCN1C(=O)CNC(=O)C12CCCC2. The highest BCUT2D eigenvalue weighted by Gasteiger charge is 2.50. The second-order valence-corrected chi connectivity index (χ2v) is 6.23. The second-order valence-electron chi connectivity index (χ2n) is 6.23. The molecule has 1 aliphatic carbocycles. The largest absolute Gasteiger partial charge is 0.345 e. The first kappa shape index (κ1) is 15.3. The topological polar surface area (TPSA) is 49.4 Å². The lowest BCUT2D eigenvalue weighted by Gasteiger charge is -2.43. The van der Waals surface area contributed by atoms with E-state index in [0.717, 1.165) is 38.6 Å². The summed E-state index contributed by atoms with van der Waals surface area (Å²) in [4.78, 5) is 26.3. The molecule has 1 N–H and O–H groups in total. The summed E-state index contributed by atoms with van der Waals surface area (Å²) in [5.74, 6) is 0.195. The molecule has 4 heteroatoms. The minimum Gasteiger partial charge on any atom is -0.345 e. The van der Waals surface area contributed by atoms with Gasteiger partial charge in [-0.3, -0.25) is 9.59 Å². The zero-order chi connectivity index (χ0) is 14.4. The fourth-order valence-corrected chi connectivity index (χ4v) is 3.62. The van der Waals surface area contributed by atoms with Gasteiger partial charge < -0.3 is 10.2 Å². The molecule has 1 heterocycles. The summed E-state index contributed by atoms with van der Waals surface area (Å²) >= 11 is 0. The van der Waals surface area contributed by atoms with Crippen molar-refractivity contribution < 1.29 is 9.59 Å². The molecule has 2 amide bonds. The van der Waals surface area contributed by atoms with Gasteiger partial charge in [0.2, 0.25) is 11.8 Å². The molecule has 114 valence electrons. The van der Waals surface area contributed by atoms with Gasteiger partial charge in [0, 0.05) is 6.54 Å². The summed E-state index contributed by atoms with van der Waals surface area (Å²) in [5, 5.41) is 2.78. The van der Waals surface area contributed by atoms with Gasteiger partial charge in [-0.25, -0.2) is 0 Å². The van der Waals surface area contributed by atoms with Gasteiger partial charge in [-0.15, -0.1) is 0 Å². The molecule has 0 radical (unpaired) electrons. The maximum atomic E-state index is 12.2. The molecule has 1 saturated carbocycles. The van der Waals surface area contributed by atoms with Crippen LogP contribution >= 0.6 is 0 Å². The Hall–Kier alpha value is -1.06. The lowest BCUT2D eigenvalue weighted by Crippen LogP contribution is -2.66. The lowest BCUT2D eigenvalue weighted by molar-refractivity contribution is -0.153. The highest BCUT2D eigenvalue weighted by molar-refractivity contribution is 5.98. The molecule has 0 bridgehead atoms. The third kappa shape index (κ3) is 3.15. The van der Waals surface area contributed by atoms with Gasteiger partial charge in [0.05, 0.1) is 6.54 Å². The highest BCUT2D eigenvalue weighted by atomic mass is 16.2. The van der Waals surface area contributed by atoms with Crippen molar-refractivity contribution in [2.45, 2.75) is 76.7 Å². The van der Waals surface area contributed by atoms with E-state index in [9.17, 15) is 9.59 Å². The Morgan fingerprint density at radius 2 is 1.70 bits per heavy atom. The van der Waals surface area contributed by atoms with Crippen molar-refractivity contribution in [3.63, 3.8) is 0 Å². The van der Waals surface area contributed by atoms with Crippen LogP contribution in [0.4, 0.5) is 0 Å². The summed E-state index contributed by atoms with van der Waals surface area (Å²) in [6.07, 6.45) is 11.1. The summed E-state index contributed by atoms with van der Waals surface area (Å²) in [6, 6.07) is 0. The normalized spacial score (nSPS) is 21.6. The van der Waals surface area contributed by atoms with Gasteiger partial charge in [-0.2, -0.15) is 0 Å². The number of rotatable bonds is 7. The minimum absolute atomic E-state index is 0.0839. The zero-order valence-electron chi connectivity index (χ0n) is 12.7. The number of carbonyl (C=O) groups is 2. The molecule has 1 saturated heterocycles. The van der Waals surface area contributed by atoms with Crippen LogP contribution in [0.2, 0.25) is 0 Å². The Morgan fingerprint density at radius 1 is 1.05 bits per heavy atom. The summed E-state index contributed by atoms with van der Waals surface area (Å²) in [6.45, 7) is 3.17. The van der Waals surface area contributed by atoms with Gasteiger partial charge in [0.1, 0.15) is 5.54 Å². The van der Waals surface area contributed by atoms with E-state index in [1.807, 2.05) is 4.90 Å². The fraction of sp³-hybridized carbons (Fsp3) is 0.875. The van der Waals surface area contributed by atoms with Crippen LogP contribution in [-0.4, -0.2) is 35.3 Å². The van der Waals surface area contributed by atoms with Crippen LogP contribution in [0, 0.1) is 0 Å². The van der Waals surface area contributed by atoms with Crippen molar-refractivity contribution in [2.75, 3.05) is 13.1 Å². The number of carbonyl (C=O) groups excluding carboxylic acids is 2. The van der Waals surface area contributed by atoms with Crippen LogP contribution in [0.1, 0.15) is 71.1 Å². The number of unbranched alkanes of at least 4 members (excludes halogenated alkanes) is 5. The van der Waals surface area contributed by atoms with Crippen molar-refractivity contribution in [1.29, 1.82) is 0 Å². The molecular weight excluding hydrogens is 252 g/mol. The van der Waals surface area contributed by atoms with E-state index < -0.39 is 5.54 Å². The molecule has 2 fully saturated rings. The molecule has 2 aliphatic rings. The number of nitrogens with one attached hydrogen (secondary N) is 1. The molecular formula is C16H28N2O2. The predicted molar refractivity (Wildman–Crippen MR) is 79.3 cm³/mol. The number of amides is 2.